The zero-order valence-corrected chi connectivity index (χ0v) is 15.6. The Labute approximate surface area is 156 Å². The zero-order chi connectivity index (χ0) is 18.3. The maximum absolute atomic E-state index is 14.3. The van der Waals surface area contributed by atoms with Gasteiger partial charge in [-0.2, -0.15) is 5.10 Å². The summed E-state index contributed by atoms with van der Waals surface area (Å²) in [4.78, 5) is 11.4. The first-order valence-corrected chi connectivity index (χ1v) is 9.29. The van der Waals surface area contributed by atoms with Crippen molar-refractivity contribution in [2.24, 2.45) is 5.41 Å². The number of piperidine rings is 1. The highest BCUT2D eigenvalue weighted by Crippen LogP contribution is 2.36. The van der Waals surface area contributed by atoms with Gasteiger partial charge >= 0.3 is 0 Å². The number of fused-ring (bicyclic) bond motifs is 1. The number of aromatic nitrogens is 4. The number of nitrogens with zero attached hydrogens (tertiary/aromatic N) is 4. The zero-order valence-electron chi connectivity index (χ0n) is 14.9. The summed E-state index contributed by atoms with van der Waals surface area (Å²) in [5.74, 6) is 0.334. The Morgan fingerprint density at radius 3 is 2.81 bits per heavy atom. The van der Waals surface area contributed by atoms with E-state index in [0.717, 1.165) is 31.7 Å². The number of benzene rings is 1. The normalized spacial score (nSPS) is 17.0. The van der Waals surface area contributed by atoms with Gasteiger partial charge in [-0.1, -0.05) is 37.9 Å². The average molecular weight is 374 g/mol. The highest BCUT2D eigenvalue weighted by atomic mass is 35.5. The van der Waals surface area contributed by atoms with Gasteiger partial charge in [-0.05, 0) is 30.4 Å². The number of anilines is 1. The van der Waals surface area contributed by atoms with Crippen LogP contribution in [0.25, 0.3) is 22.4 Å². The van der Waals surface area contributed by atoms with Gasteiger partial charge in [0.2, 0.25) is 5.65 Å². The van der Waals surface area contributed by atoms with Crippen LogP contribution < -0.4 is 4.90 Å². The lowest BCUT2D eigenvalue weighted by Crippen LogP contribution is -2.38. The summed E-state index contributed by atoms with van der Waals surface area (Å²) in [6, 6.07) is 4.87. The van der Waals surface area contributed by atoms with Crippen molar-refractivity contribution in [3.05, 3.63) is 35.2 Å². The SMILES string of the molecule is CCC1(C)CCN(c2cnc3c(-c4cccc(Cl)c4F)[nH]nc3n2)CC1. The minimum atomic E-state index is -0.486. The Bertz CT molecular complexity index is 946. The summed E-state index contributed by atoms with van der Waals surface area (Å²) in [6.45, 7) is 6.52. The van der Waals surface area contributed by atoms with Gasteiger partial charge in [-0.3, -0.25) is 5.10 Å². The number of hydrogen-bond acceptors (Lipinski definition) is 4. The van der Waals surface area contributed by atoms with Crippen molar-refractivity contribution in [2.45, 2.75) is 33.1 Å². The summed E-state index contributed by atoms with van der Waals surface area (Å²) in [5, 5.41) is 7.16. The number of hydrogen-bond donors (Lipinski definition) is 1. The minimum absolute atomic E-state index is 0.0714. The summed E-state index contributed by atoms with van der Waals surface area (Å²) >= 11 is 5.89. The first-order valence-electron chi connectivity index (χ1n) is 8.91. The van der Waals surface area contributed by atoms with Crippen LogP contribution in [0.15, 0.2) is 24.4 Å². The molecule has 7 heteroatoms. The number of halogens is 2. The molecule has 0 saturated carbocycles. The van der Waals surface area contributed by atoms with Crippen LogP contribution in [0.5, 0.6) is 0 Å². The van der Waals surface area contributed by atoms with E-state index in [4.69, 9.17) is 11.6 Å². The fraction of sp³-hybridized carbons (Fsp3) is 0.421. The van der Waals surface area contributed by atoms with E-state index in [-0.39, 0.29) is 5.02 Å². The number of nitrogens with one attached hydrogen (secondary N) is 1. The summed E-state index contributed by atoms with van der Waals surface area (Å²) in [7, 11) is 0. The summed E-state index contributed by atoms with van der Waals surface area (Å²) < 4.78 is 14.3. The van der Waals surface area contributed by atoms with Crippen molar-refractivity contribution in [1.82, 2.24) is 20.2 Å². The summed E-state index contributed by atoms with van der Waals surface area (Å²) in [6.07, 6.45) is 5.23. The third kappa shape index (κ3) is 2.92. The lowest BCUT2D eigenvalue weighted by Gasteiger charge is -2.39. The molecule has 1 aromatic carbocycles. The van der Waals surface area contributed by atoms with E-state index in [1.165, 1.54) is 12.5 Å². The third-order valence-corrected chi connectivity index (χ3v) is 5.91. The van der Waals surface area contributed by atoms with Crippen molar-refractivity contribution in [3.63, 3.8) is 0 Å². The average Bonchev–Trinajstić information content (AvgIpc) is 3.07. The van der Waals surface area contributed by atoms with E-state index < -0.39 is 5.82 Å². The molecule has 0 spiro atoms. The maximum Gasteiger partial charge on any atom is 0.202 e. The van der Waals surface area contributed by atoms with Gasteiger partial charge in [-0.15, -0.1) is 0 Å². The van der Waals surface area contributed by atoms with Crippen LogP contribution in [0.1, 0.15) is 33.1 Å². The number of aromatic amines is 1. The molecule has 136 valence electrons. The van der Waals surface area contributed by atoms with Gasteiger partial charge in [0.05, 0.1) is 16.9 Å². The Kier molecular flexibility index (Phi) is 4.31. The van der Waals surface area contributed by atoms with Crippen molar-refractivity contribution >= 4 is 28.6 Å². The molecule has 26 heavy (non-hydrogen) atoms. The Hall–Kier alpha value is -2.21. The van der Waals surface area contributed by atoms with E-state index >= 15 is 0 Å². The molecule has 1 aliphatic heterocycles. The molecule has 1 saturated heterocycles. The van der Waals surface area contributed by atoms with E-state index in [1.807, 2.05) is 0 Å². The van der Waals surface area contributed by atoms with Gasteiger partial charge in [0.1, 0.15) is 11.3 Å². The molecule has 4 rings (SSSR count). The molecule has 0 unspecified atom stereocenters. The molecule has 1 aliphatic rings. The van der Waals surface area contributed by atoms with Gasteiger partial charge in [0, 0.05) is 18.7 Å². The fourth-order valence-electron chi connectivity index (χ4n) is 3.45. The highest BCUT2D eigenvalue weighted by Gasteiger charge is 2.29. The molecule has 0 atom stereocenters. The van der Waals surface area contributed by atoms with Gasteiger partial charge in [-0.25, -0.2) is 14.4 Å². The smallest absolute Gasteiger partial charge is 0.202 e. The van der Waals surface area contributed by atoms with Gasteiger partial charge in [0.25, 0.3) is 0 Å². The summed E-state index contributed by atoms with van der Waals surface area (Å²) in [5.41, 5.74) is 2.29. The van der Waals surface area contributed by atoms with E-state index in [1.54, 1.807) is 18.3 Å². The number of H-pyrrole nitrogens is 1. The molecule has 5 nitrogen and oxygen atoms in total. The predicted molar refractivity (Wildman–Crippen MR) is 102 cm³/mol. The van der Waals surface area contributed by atoms with Crippen LogP contribution in [0.2, 0.25) is 5.02 Å². The van der Waals surface area contributed by atoms with Crippen molar-refractivity contribution in [1.29, 1.82) is 0 Å². The Morgan fingerprint density at radius 1 is 1.31 bits per heavy atom. The van der Waals surface area contributed by atoms with Crippen LogP contribution >= 0.6 is 11.6 Å². The second-order valence-electron chi connectivity index (χ2n) is 7.25. The molecular formula is C19H21ClFN5. The Balaban J connectivity index is 1.65. The molecule has 1 N–H and O–H groups in total. The van der Waals surface area contributed by atoms with E-state index in [0.29, 0.717) is 27.8 Å². The molecule has 3 aromatic rings. The third-order valence-electron chi connectivity index (χ3n) is 5.62. The first kappa shape index (κ1) is 17.2. The quantitative estimate of drug-likeness (QED) is 0.714. The molecule has 1 fully saturated rings. The van der Waals surface area contributed by atoms with E-state index in [9.17, 15) is 4.39 Å². The second-order valence-corrected chi connectivity index (χ2v) is 7.66. The van der Waals surface area contributed by atoms with Crippen molar-refractivity contribution < 1.29 is 4.39 Å². The standard InChI is InChI=1S/C19H21ClFN5/c1-3-19(2)7-9-26(10-8-19)14-11-22-17-16(24-25-18(17)23-14)12-5-4-6-13(20)15(12)21/h4-6,11H,3,7-10H2,1-2H3,(H,23,24,25). The van der Waals surface area contributed by atoms with Crippen LogP contribution in [0.4, 0.5) is 10.2 Å². The second kappa shape index (κ2) is 6.50. The largest absolute Gasteiger partial charge is 0.355 e. The monoisotopic (exact) mass is 373 g/mol. The van der Waals surface area contributed by atoms with E-state index in [2.05, 4.69) is 38.9 Å². The molecule has 0 bridgehead atoms. The minimum Gasteiger partial charge on any atom is -0.355 e. The fourth-order valence-corrected chi connectivity index (χ4v) is 3.63. The molecule has 0 amide bonds. The predicted octanol–water partition coefficient (Wildman–Crippen LogP) is 4.83. The van der Waals surface area contributed by atoms with Crippen LogP contribution in [-0.2, 0) is 0 Å². The molecule has 2 aromatic heterocycles. The van der Waals surface area contributed by atoms with Crippen molar-refractivity contribution in [3.8, 4) is 11.3 Å². The Morgan fingerprint density at radius 2 is 2.08 bits per heavy atom. The molecule has 0 aliphatic carbocycles. The number of rotatable bonds is 3. The molecule has 3 heterocycles. The van der Waals surface area contributed by atoms with Gasteiger partial charge in [0.15, 0.2) is 5.82 Å². The van der Waals surface area contributed by atoms with Crippen LogP contribution in [-0.4, -0.2) is 33.3 Å². The lowest BCUT2D eigenvalue weighted by atomic mass is 9.78. The van der Waals surface area contributed by atoms with Gasteiger partial charge < -0.3 is 4.90 Å². The lowest BCUT2D eigenvalue weighted by molar-refractivity contribution is 0.238. The topological polar surface area (TPSA) is 57.7 Å². The highest BCUT2D eigenvalue weighted by molar-refractivity contribution is 6.31. The molecular weight excluding hydrogens is 353 g/mol. The van der Waals surface area contributed by atoms with Crippen LogP contribution in [0, 0.1) is 11.2 Å². The molecule has 0 radical (unpaired) electrons. The van der Waals surface area contributed by atoms with Crippen LogP contribution in [0.3, 0.4) is 0 Å². The first-order chi connectivity index (χ1) is 12.5. The maximum atomic E-state index is 14.3. The van der Waals surface area contributed by atoms with Crippen molar-refractivity contribution in [2.75, 3.05) is 18.0 Å².